The Bertz CT molecular complexity index is 824. The molecule has 0 aliphatic carbocycles. The number of para-hydroxylation sites is 1. The predicted molar refractivity (Wildman–Crippen MR) is 93.5 cm³/mol. The summed E-state index contributed by atoms with van der Waals surface area (Å²) in [4.78, 5) is 37.1. The Balaban J connectivity index is 1.71. The number of piperidine rings is 1. The Morgan fingerprint density at radius 1 is 1.24 bits per heavy atom. The number of carbonyl (C=O) groups is 3. The number of aliphatic carboxylic acids is 1. The molecule has 0 saturated carbocycles. The molecule has 1 N–H and O–H groups in total. The summed E-state index contributed by atoms with van der Waals surface area (Å²) in [5.41, 5.74) is 1.59. The molecule has 0 spiro atoms. The highest BCUT2D eigenvalue weighted by Crippen LogP contribution is 2.23. The van der Waals surface area contributed by atoms with Gasteiger partial charge in [-0.2, -0.15) is 0 Å². The van der Waals surface area contributed by atoms with E-state index in [0.717, 1.165) is 17.3 Å². The Kier molecular flexibility index (Phi) is 4.88. The number of nitrogens with zero attached hydrogens (tertiary/aromatic N) is 2. The number of hydrogen-bond donors (Lipinski definition) is 1. The molecule has 1 aliphatic rings. The molecule has 132 valence electrons. The summed E-state index contributed by atoms with van der Waals surface area (Å²) in [6.45, 7) is 2.92. The van der Waals surface area contributed by atoms with E-state index >= 15 is 0 Å². The first-order chi connectivity index (χ1) is 12.0. The third kappa shape index (κ3) is 3.57. The zero-order valence-corrected chi connectivity index (χ0v) is 14.3. The molecule has 1 aromatic carbocycles. The van der Waals surface area contributed by atoms with Gasteiger partial charge in [-0.05, 0) is 25.8 Å². The van der Waals surface area contributed by atoms with Gasteiger partial charge in [0.05, 0.1) is 5.92 Å². The number of rotatable bonds is 5. The molecule has 1 fully saturated rings. The molecule has 3 rings (SSSR count). The van der Waals surface area contributed by atoms with E-state index in [9.17, 15) is 14.4 Å². The maximum Gasteiger partial charge on any atom is 0.308 e. The number of hydrogen-bond acceptors (Lipinski definition) is 3. The summed E-state index contributed by atoms with van der Waals surface area (Å²) >= 11 is 0. The number of benzene rings is 1. The van der Waals surface area contributed by atoms with Crippen LogP contribution >= 0.6 is 0 Å². The number of amides is 1. The fourth-order valence-corrected chi connectivity index (χ4v) is 3.49. The van der Waals surface area contributed by atoms with Gasteiger partial charge in [0.2, 0.25) is 5.91 Å². The molecular weight excluding hydrogens is 320 g/mol. The topological polar surface area (TPSA) is 79.6 Å². The third-order valence-corrected chi connectivity index (χ3v) is 4.86. The van der Waals surface area contributed by atoms with Crippen LogP contribution in [0.4, 0.5) is 0 Å². The minimum atomic E-state index is -0.833. The number of carboxylic acid groups (broad SMARTS) is 1. The van der Waals surface area contributed by atoms with Crippen molar-refractivity contribution in [3.05, 3.63) is 36.0 Å². The van der Waals surface area contributed by atoms with Crippen LogP contribution in [0.5, 0.6) is 0 Å². The number of aromatic nitrogens is 1. The van der Waals surface area contributed by atoms with E-state index in [4.69, 9.17) is 5.11 Å². The summed E-state index contributed by atoms with van der Waals surface area (Å²) in [5.74, 6) is -1.33. The molecule has 0 bridgehead atoms. The van der Waals surface area contributed by atoms with Gasteiger partial charge in [0.25, 0.3) is 0 Å². The Hall–Kier alpha value is -2.63. The van der Waals surface area contributed by atoms with Crippen molar-refractivity contribution in [1.82, 2.24) is 9.47 Å². The monoisotopic (exact) mass is 342 g/mol. The lowest BCUT2D eigenvalue weighted by atomic mass is 9.98. The number of fused-ring (bicyclic) bond motifs is 1. The average Bonchev–Trinajstić information content (AvgIpc) is 2.99. The second kappa shape index (κ2) is 7.09. The van der Waals surface area contributed by atoms with Gasteiger partial charge in [-0.3, -0.25) is 14.4 Å². The summed E-state index contributed by atoms with van der Waals surface area (Å²) in [5, 5.41) is 10.0. The summed E-state index contributed by atoms with van der Waals surface area (Å²) in [6, 6.07) is 7.65. The van der Waals surface area contributed by atoms with E-state index in [1.807, 2.05) is 28.8 Å². The van der Waals surface area contributed by atoms with E-state index in [1.54, 1.807) is 11.1 Å². The van der Waals surface area contributed by atoms with Gasteiger partial charge in [0.15, 0.2) is 5.78 Å². The zero-order valence-electron chi connectivity index (χ0n) is 14.3. The number of Topliss-reactive ketones (excluding diaryl/α,β-unsaturated/α-hetero) is 1. The molecule has 2 heterocycles. The molecule has 25 heavy (non-hydrogen) atoms. The van der Waals surface area contributed by atoms with Gasteiger partial charge in [-0.25, -0.2) is 0 Å². The number of ketones is 1. The number of carbonyl (C=O) groups excluding carboxylic acids is 2. The molecule has 1 saturated heterocycles. The predicted octanol–water partition coefficient (Wildman–Crippen LogP) is 2.56. The minimum Gasteiger partial charge on any atom is -0.481 e. The van der Waals surface area contributed by atoms with Crippen LogP contribution in [0.25, 0.3) is 10.9 Å². The summed E-state index contributed by atoms with van der Waals surface area (Å²) in [7, 11) is 0. The zero-order chi connectivity index (χ0) is 18.0. The van der Waals surface area contributed by atoms with Crippen LogP contribution in [0.1, 0.15) is 36.5 Å². The molecule has 1 aromatic heterocycles. The van der Waals surface area contributed by atoms with Crippen LogP contribution in [-0.4, -0.2) is 45.3 Å². The van der Waals surface area contributed by atoms with E-state index in [1.165, 1.54) is 6.92 Å². The Labute approximate surface area is 146 Å². The number of carboxylic acids is 1. The summed E-state index contributed by atoms with van der Waals surface area (Å²) < 4.78 is 1.93. The van der Waals surface area contributed by atoms with Gasteiger partial charge in [0, 0.05) is 48.7 Å². The first-order valence-corrected chi connectivity index (χ1v) is 8.56. The number of likely N-dealkylation sites (tertiary alicyclic amines) is 1. The van der Waals surface area contributed by atoms with Gasteiger partial charge in [-0.1, -0.05) is 18.2 Å². The van der Waals surface area contributed by atoms with E-state index in [2.05, 4.69) is 0 Å². The molecule has 1 aliphatic heterocycles. The largest absolute Gasteiger partial charge is 0.481 e. The summed E-state index contributed by atoms with van der Waals surface area (Å²) in [6.07, 6.45) is 3.45. The molecule has 1 amide bonds. The molecule has 6 heteroatoms. The number of aryl methyl sites for hydroxylation is 1. The van der Waals surface area contributed by atoms with Crippen molar-refractivity contribution in [3.63, 3.8) is 0 Å². The van der Waals surface area contributed by atoms with Gasteiger partial charge in [-0.15, -0.1) is 0 Å². The fourth-order valence-electron chi connectivity index (χ4n) is 3.49. The van der Waals surface area contributed by atoms with Gasteiger partial charge >= 0.3 is 5.97 Å². The van der Waals surface area contributed by atoms with Crippen molar-refractivity contribution >= 4 is 28.6 Å². The van der Waals surface area contributed by atoms with Crippen LogP contribution in [0.2, 0.25) is 0 Å². The van der Waals surface area contributed by atoms with E-state index < -0.39 is 11.9 Å². The molecule has 0 radical (unpaired) electrons. The molecule has 0 unspecified atom stereocenters. The lowest BCUT2D eigenvalue weighted by Crippen LogP contribution is -2.42. The van der Waals surface area contributed by atoms with Crippen molar-refractivity contribution in [2.24, 2.45) is 5.92 Å². The van der Waals surface area contributed by atoms with Crippen molar-refractivity contribution in [2.45, 2.75) is 32.7 Å². The highest BCUT2D eigenvalue weighted by atomic mass is 16.4. The smallest absolute Gasteiger partial charge is 0.308 e. The van der Waals surface area contributed by atoms with Crippen LogP contribution in [-0.2, 0) is 16.1 Å². The van der Waals surface area contributed by atoms with Crippen molar-refractivity contribution < 1.29 is 19.5 Å². The SMILES string of the molecule is CC(=O)c1cn(CCC(=O)N2CCC[C@@H](C(=O)O)C2)c2ccccc12. The van der Waals surface area contributed by atoms with Crippen molar-refractivity contribution in [3.8, 4) is 0 Å². The molecule has 1 atom stereocenters. The van der Waals surface area contributed by atoms with Gasteiger partial charge < -0.3 is 14.6 Å². The fraction of sp³-hybridized carbons (Fsp3) is 0.421. The molecule has 2 aromatic rings. The molecule has 6 nitrogen and oxygen atoms in total. The maximum atomic E-state index is 12.5. The van der Waals surface area contributed by atoms with Crippen molar-refractivity contribution in [2.75, 3.05) is 13.1 Å². The quantitative estimate of drug-likeness (QED) is 0.847. The Morgan fingerprint density at radius 3 is 2.72 bits per heavy atom. The first-order valence-electron chi connectivity index (χ1n) is 8.56. The normalized spacial score (nSPS) is 17.6. The van der Waals surface area contributed by atoms with Crippen LogP contribution in [0.15, 0.2) is 30.5 Å². The van der Waals surface area contributed by atoms with Crippen LogP contribution in [0, 0.1) is 5.92 Å². The van der Waals surface area contributed by atoms with Crippen molar-refractivity contribution in [1.29, 1.82) is 0 Å². The second-order valence-electron chi connectivity index (χ2n) is 6.58. The highest BCUT2D eigenvalue weighted by molar-refractivity contribution is 6.07. The first kappa shape index (κ1) is 17.2. The lowest BCUT2D eigenvalue weighted by molar-refractivity contribution is -0.145. The van der Waals surface area contributed by atoms with Crippen LogP contribution < -0.4 is 0 Å². The Morgan fingerprint density at radius 2 is 2.00 bits per heavy atom. The standard InChI is InChI=1S/C19H22N2O4/c1-13(22)16-12-20(17-7-3-2-6-15(16)17)10-8-18(23)21-9-4-5-14(11-21)19(24)25/h2-3,6-7,12,14H,4-5,8-11H2,1H3,(H,24,25)/t14-/m1/s1. The minimum absolute atomic E-state index is 0.00149. The average molecular weight is 342 g/mol. The highest BCUT2D eigenvalue weighted by Gasteiger charge is 2.27. The molecular formula is C19H22N2O4. The maximum absolute atomic E-state index is 12.5. The van der Waals surface area contributed by atoms with E-state index in [-0.39, 0.29) is 11.7 Å². The van der Waals surface area contributed by atoms with Gasteiger partial charge in [0.1, 0.15) is 0 Å². The van der Waals surface area contributed by atoms with E-state index in [0.29, 0.717) is 38.0 Å². The lowest BCUT2D eigenvalue weighted by Gasteiger charge is -2.30. The third-order valence-electron chi connectivity index (χ3n) is 4.86. The second-order valence-corrected chi connectivity index (χ2v) is 6.58. The van der Waals surface area contributed by atoms with Crippen LogP contribution in [0.3, 0.4) is 0 Å².